The van der Waals surface area contributed by atoms with E-state index in [9.17, 15) is 9.59 Å². The van der Waals surface area contributed by atoms with E-state index in [2.05, 4.69) is 22.5 Å². The summed E-state index contributed by atoms with van der Waals surface area (Å²) in [5, 5.41) is 5.85. The molecule has 0 radical (unpaired) electrons. The molecule has 1 aromatic carbocycles. The molecule has 2 aliphatic heterocycles. The molecular weight excluding hydrogens is 302 g/mol. The standard InChI is InChI=1S/C19H27N3O2/c1-14-4-2-10-22(13-14)11-3-9-20-19(24)16-5-7-17-15(12-16)6-8-18(23)21-17/h5,7,12,14H,2-4,6,8-11,13H2,1H3,(H,20,24)(H,21,23). The van der Waals surface area contributed by atoms with E-state index in [0.29, 0.717) is 24.9 Å². The minimum Gasteiger partial charge on any atom is -0.352 e. The number of nitrogens with one attached hydrogen (secondary N) is 2. The topological polar surface area (TPSA) is 61.4 Å². The average molecular weight is 329 g/mol. The Morgan fingerprint density at radius 3 is 3.08 bits per heavy atom. The van der Waals surface area contributed by atoms with Crippen molar-refractivity contribution in [3.8, 4) is 0 Å². The number of piperidine rings is 1. The minimum absolute atomic E-state index is 0.0262. The molecule has 0 bridgehead atoms. The summed E-state index contributed by atoms with van der Waals surface area (Å²) < 4.78 is 0. The highest BCUT2D eigenvalue weighted by atomic mass is 16.2. The quantitative estimate of drug-likeness (QED) is 0.816. The van der Waals surface area contributed by atoms with Crippen LogP contribution in [0, 0.1) is 5.92 Å². The van der Waals surface area contributed by atoms with Crippen molar-refractivity contribution in [2.24, 2.45) is 5.92 Å². The Morgan fingerprint density at radius 2 is 2.25 bits per heavy atom. The second kappa shape index (κ2) is 7.79. The number of aryl methyl sites for hydroxylation is 1. The van der Waals surface area contributed by atoms with Crippen LogP contribution >= 0.6 is 0 Å². The van der Waals surface area contributed by atoms with Crippen LogP contribution in [0.1, 0.15) is 48.5 Å². The van der Waals surface area contributed by atoms with E-state index in [1.807, 2.05) is 12.1 Å². The van der Waals surface area contributed by atoms with Gasteiger partial charge in [-0.05, 0) is 68.5 Å². The third-order valence-electron chi connectivity index (χ3n) is 4.94. The van der Waals surface area contributed by atoms with Gasteiger partial charge < -0.3 is 15.5 Å². The van der Waals surface area contributed by atoms with Crippen LogP contribution in [0.3, 0.4) is 0 Å². The Labute approximate surface area is 143 Å². The molecule has 2 amide bonds. The predicted molar refractivity (Wildman–Crippen MR) is 95.2 cm³/mol. The van der Waals surface area contributed by atoms with Crippen LogP contribution in [0.4, 0.5) is 5.69 Å². The third kappa shape index (κ3) is 4.35. The van der Waals surface area contributed by atoms with Gasteiger partial charge in [0, 0.05) is 30.8 Å². The lowest BCUT2D eigenvalue weighted by Gasteiger charge is -2.30. The number of hydrogen-bond donors (Lipinski definition) is 2. The van der Waals surface area contributed by atoms with Gasteiger partial charge in [0.25, 0.3) is 5.91 Å². The van der Waals surface area contributed by atoms with E-state index in [4.69, 9.17) is 0 Å². The maximum atomic E-state index is 12.3. The molecule has 2 heterocycles. The normalized spacial score (nSPS) is 21.0. The van der Waals surface area contributed by atoms with Crippen LogP contribution in [0.15, 0.2) is 18.2 Å². The largest absolute Gasteiger partial charge is 0.352 e. The Bertz CT molecular complexity index is 615. The predicted octanol–water partition coefficient (Wildman–Crippen LogP) is 2.42. The molecule has 3 rings (SSSR count). The summed E-state index contributed by atoms with van der Waals surface area (Å²) in [5.41, 5.74) is 2.56. The first kappa shape index (κ1) is 17.0. The number of benzene rings is 1. The third-order valence-corrected chi connectivity index (χ3v) is 4.94. The van der Waals surface area contributed by atoms with Crippen LogP contribution < -0.4 is 10.6 Å². The van der Waals surface area contributed by atoms with Gasteiger partial charge in [0.15, 0.2) is 0 Å². The highest BCUT2D eigenvalue weighted by molar-refractivity contribution is 5.97. The van der Waals surface area contributed by atoms with Crippen LogP contribution in [-0.4, -0.2) is 42.9 Å². The maximum absolute atomic E-state index is 12.3. The number of carbonyl (C=O) groups is 2. The number of anilines is 1. The number of likely N-dealkylation sites (tertiary alicyclic amines) is 1. The minimum atomic E-state index is -0.0262. The number of amides is 2. The van der Waals surface area contributed by atoms with E-state index in [1.54, 1.807) is 6.07 Å². The smallest absolute Gasteiger partial charge is 0.251 e. The number of carbonyl (C=O) groups excluding carboxylic acids is 2. The van der Waals surface area contributed by atoms with Gasteiger partial charge in [0.1, 0.15) is 0 Å². The van der Waals surface area contributed by atoms with E-state index in [1.165, 1.54) is 25.9 Å². The maximum Gasteiger partial charge on any atom is 0.251 e. The summed E-state index contributed by atoms with van der Waals surface area (Å²) in [4.78, 5) is 26.2. The van der Waals surface area contributed by atoms with Crippen molar-refractivity contribution >= 4 is 17.5 Å². The monoisotopic (exact) mass is 329 g/mol. The van der Waals surface area contributed by atoms with Crippen LogP contribution in [-0.2, 0) is 11.2 Å². The Hall–Kier alpha value is -1.88. The molecule has 1 aromatic rings. The van der Waals surface area contributed by atoms with Crippen molar-refractivity contribution in [2.75, 3.05) is 31.5 Å². The van der Waals surface area contributed by atoms with Gasteiger partial charge in [-0.25, -0.2) is 0 Å². The molecule has 5 heteroatoms. The molecule has 2 aliphatic rings. The van der Waals surface area contributed by atoms with Crippen molar-refractivity contribution in [3.05, 3.63) is 29.3 Å². The first-order valence-electron chi connectivity index (χ1n) is 9.05. The van der Waals surface area contributed by atoms with Gasteiger partial charge in [0.05, 0.1) is 0 Å². The number of rotatable bonds is 5. The molecule has 5 nitrogen and oxygen atoms in total. The Balaban J connectivity index is 1.44. The number of nitrogens with zero attached hydrogens (tertiary/aromatic N) is 1. The summed E-state index contributed by atoms with van der Waals surface area (Å²) in [6.45, 7) is 6.45. The molecule has 1 atom stereocenters. The fraction of sp³-hybridized carbons (Fsp3) is 0.579. The molecule has 130 valence electrons. The van der Waals surface area contributed by atoms with E-state index < -0.39 is 0 Å². The zero-order valence-electron chi connectivity index (χ0n) is 14.4. The molecule has 1 saturated heterocycles. The van der Waals surface area contributed by atoms with E-state index in [0.717, 1.165) is 30.1 Å². The molecule has 1 fully saturated rings. The molecular formula is C19H27N3O2. The molecule has 0 spiro atoms. The fourth-order valence-corrected chi connectivity index (χ4v) is 3.62. The zero-order chi connectivity index (χ0) is 16.9. The Morgan fingerprint density at radius 1 is 1.38 bits per heavy atom. The van der Waals surface area contributed by atoms with Crippen LogP contribution in [0.2, 0.25) is 0 Å². The second-order valence-electron chi connectivity index (χ2n) is 7.08. The Kier molecular flexibility index (Phi) is 5.51. The summed E-state index contributed by atoms with van der Waals surface area (Å²) in [7, 11) is 0. The van der Waals surface area contributed by atoms with Crippen molar-refractivity contribution in [3.63, 3.8) is 0 Å². The van der Waals surface area contributed by atoms with Crippen molar-refractivity contribution in [1.29, 1.82) is 0 Å². The summed E-state index contributed by atoms with van der Waals surface area (Å²) in [5.74, 6) is 0.817. The fourth-order valence-electron chi connectivity index (χ4n) is 3.62. The van der Waals surface area contributed by atoms with Gasteiger partial charge in [-0.2, -0.15) is 0 Å². The lowest BCUT2D eigenvalue weighted by Crippen LogP contribution is -2.36. The molecule has 0 aromatic heterocycles. The van der Waals surface area contributed by atoms with Gasteiger partial charge in [-0.3, -0.25) is 9.59 Å². The lowest BCUT2D eigenvalue weighted by molar-refractivity contribution is -0.116. The zero-order valence-corrected chi connectivity index (χ0v) is 14.4. The van der Waals surface area contributed by atoms with Crippen LogP contribution in [0.25, 0.3) is 0 Å². The first-order chi connectivity index (χ1) is 11.6. The lowest BCUT2D eigenvalue weighted by atomic mass is 10.00. The van der Waals surface area contributed by atoms with E-state index >= 15 is 0 Å². The van der Waals surface area contributed by atoms with Gasteiger partial charge in [-0.1, -0.05) is 6.92 Å². The van der Waals surface area contributed by atoms with Crippen LogP contribution in [0.5, 0.6) is 0 Å². The molecule has 0 saturated carbocycles. The SMILES string of the molecule is CC1CCCN(CCCNC(=O)c2ccc3c(c2)CCC(=O)N3)C1. The average Bonchev–Trinajstić information content (AvgIpc) is 2.58. The van der Waals surface area contributed by atoms with Crippen molar-refractivity contribution < 1.29 is 9.59 Å². The first-order valence-corrected chi connectivity index (χ1v) is 9.05. The van der Waals surface area contributed by atoms with Crippen molar-refractivity contribution in [1.82, 2.24) is 10.2 Å². The highest BCUT2D eigenvalue weighted by Crippen LogP contribution is 2.23. The highest BCUT2D eigenvalue weighted by Gasteiger charge is 2.17. The van der Waals surface area contributed by atoms with E-state index in [-0.39, 0.29) is 11.8 Å². The van der Waals surface area contributed by atoms with Gasteiger partial charge >= 0.3 is 0 Å². The molecule has 0 aliphatic carbocycles. The van der Waals surface area contributed by atoms with Crippen molar-refractivity contribution in [2.45, 2.75) is 39.0 Å². The second-order valence-corrected chi connectivity index (χ2v) is 7.08. The number of fused-ring (bicyclic) bond motifs is 1. The molecule has 2 N–H and O–H groups in total. The van der Waals surface area contributed by atoms with Gasteiger partial charge in [-0.15, -0.1) is 0 Å². The molecule has 24 heavy (non-hydrogen) atoms. The summed E-state index contributed by atoms with van der Waals surface area (Å²) in [6, 6.07) is 5.51. The number of hydrogen-bond acceptors (Lipinski definition) is 3. The summed E-state index contributed by atoms with van der Waals surface area (Å²) >= 11 is 0. The summed E-state index contributed by atoms with van der Waals surface area (Å²) in [6.07, 6.45) is 4.81. The molecule has 1 unspecified atom stereocenters. The van der Waals surface area contributed by atoms with Gasteiger partial charge in [0.2, 0.25) is 5.91 Å².